The van der Waals surface area contributed by atoms with Crippen LogP contribution in [0.3, 0.4) is 0 Å². The van der Waals surface area contributed by atoms with E-state index in [9.17, 15) is 14.0 Å². The number of halogens is 2. The van der Waals surface area contributed by atoms with Crippen molar-refractivity contribution in [2.75, 3.05) is 19.0 Å². The van der Waals surface area contributed by atoms with E-state index >= 15 is 0 Å². The molecule has 160 valence electrons. The van der Waals surface area contributed by atoms with Crippen LogP contribution in [0, 0.1) is 11.7 Å². The number of anilines is 1. The number of hydrogen-bond acceptors (Lipinski definition) is 5. The third kappa shape index (κ3) is 6.28. The van der Waals surface area contributed by atoms with E-state index in [-0.39, 0.29) is 5.69 Å². The Balaban J connectivity index is 2.00. The van der Waals surface area contributed by atoms with E-state index in [1.807, 2.05) is 6.92 Å². The van der Waals surface area contributed by atoms with Gasteiger partial charge in [0.2, 0.25) is 5.91 Å². The van der Waals surface area contributed by atoms with E-state index in [2.05, 4.69) is 31.8 Å². The van der Waals surface area contributed by atoms with E-state index in [0.29, 0.717) is 28.1 Å². The van der Waals surface area contributed by atoms with Gasteiger partial charge in [-0.3, -0.25) is 9.59 Å². The summed E-state index contributed by atoms with van der Waals surface area (Å²) in [5, 5.41) is 6.26. The smallest absolute Gasteiger partial charge is 0.252 e. The van der Waals surface area contributed by atoms with E-state index in [1.165, 1.54) is 38.4 Å². The first kappa shape index (κ1) is 23.3. The highest BCUT2D eigenvalue weighted by molar-refractivity contribution is 9.10. The molecule has 0 saturated heterocycles. The van der Waals surface area contributed by atoms with Gasteiger partial charge in [0.15, 0.2) is 11.5 Å². The van der Waals surface area contributed by atoms with Crippen molar-refractivity contribution in [2.45, 2.75) is 20.3 Å². The maximum atomic E-state index is 13.6. The van der Waals surface area contributed by atoms with Gasteiger partial charge in [-0.05, 0) is 59.1 Å². The first-order chi connectivity index (χ1) is 14.4. The predicted octanol–water partition coefficient (Wildman–Crippen LogP) is 4.11. The molecule has 0 spiro atoms. The lowest BCUT2D eigenvalue weighted by molar-refractivity contribution is -0.131. The van der Waals surface area contributed by atoms with Crippen molar-refractivity contribution in [3.63, 3.8) is 0 Å². The van der Waals surface area contributed by atoms with Crippen molar-refractivity contribution < 1.29 is 23.5 Å². The highest BCUT2D eigenvalue weighted by Gasteiger charge is 2.22. The van der Waals surface area contributed by atoms with Crippen LogP contribution >= 0.6 is 15.9 Å². The van der Waals surface area contributed by atoms with Gasteiger partial charge in [0, 0.05) is 0 Å². The molecule has 1 unspecified atom stereocenters. The largest absolute Gasteiger partial charge is 0.493 e. The molecule has 2 N–H and O–H groups in total. The molecule has 2 amide bonds. The summed E-state index contributed by atoms with van der Waals surface area (Å²) < 4.78 is 25.3. The summed E-state index contributed by atoms with van der Waals surface area (Å²) in [5.74, 6) is -1.83. The molecule has 30 heavy (non-hydrogen) atoms. The summed E-state index contributed by atoms with van der Waals surface area (Å²) in [6.07, 6.45) is 2.27. The fraction of sp³-hybridized carbons (Fsp3) is 0.286. The number of amides is 2. The van der Waals surface area contributed by atoms with Crippen LogP contribution in [0.1, 0.15) is 25.8 Å². The second kappa shape index (κ2) is 11.3. The lowest BCUT2D eigenvalue weighted by Gasteiger charge is -2.13. The quantitative estimate of drug-likeness (QED) is 0.321. The SMILES string of the molecule is CCCOc1c(Br)cc(C=NNC(=O)C(C)C(=O)Nc2ccccc2F)cc1OC. The maximum Gasteiger partial charge on any atom is 0.252 e. The van der Waals surface area contributed by atoms with Crippen LogP contribution < -0.4 is 20.2 Å². The summed E-state index contributed by atoms with van der Waals surface area (Å²) in [6, 6.07) is 9.19. The molecule has 0 aliphatic heterocycles. The van der Waals surface area contributed by atoms with Gasteiger partial charge in [0.05, 0.1) is 30.1 Å². The number of nitrogens with one attached hydrogen (secondary N) is 2. The van der Waals surface area contributed by atoms with Crippen molar-refractivity contribution in [3.8, 4) is 11.5 Å². The van der Waals surface area contributed by atoms with Crippen LogP contribution in [-0.4, -0.2) is 31.7 Å². The molecule has 0 aliphatic rings. The van der Waals surface area contributed by atoms with Crippen LogP contribution in [0.2, 0.25) is 0 Å². The number of methoxy groups -OCH3 is 1. The molecule has 0 saturated carbocycles. The topological polar surface area (TPSA) is 89.0 Å². The summed E-state index contributed by atoms with van der Waals surface area (Å²) >= 11 is 3.43. The molecule has 9 heteroatoms. The van der Waals surface area contributed by atoms with E-state index in [1.54, 1.807) is 18.2 Å². The Bertz CT molecular complexity index is 936. The molecule has 2 aromatic rings. The maximum absolute atomic E-state index is 13.6. The zero-order chi connectivity index (χ0) is 22.1. The fourth-order valence-electron chi connectivity index (χ4n) is 2.35. The Morgan fingerprint density at radius 1 is 1.27 bits per heavy atom. The summed E-state index contributed by atoms with van der Waals surface area (Å²) in [6.45, 7) is 3.95. The number of hydrazone groups is 1. The first-order valence-corrected chi connectivity index (χ1v) is 10.0. The molecule has 2 rings (SSSR count). The van der Waals surface area contributed by atoms with Crippen LogP contribution in [0.15, 0.2) is 46.0 Å². The van der Waals surface area contributed by atoms with Gasteiger partial charge in [0.25, 0.3) is 5.91 Å². The Morgan fingerprint density at radius 2 is 2.00 bits per heavy atom. The number of carbonyl (C=O) groups excluding carboxylic acids is 2. The Labute approximate surface area is 182 Å². The number of nitrogens with zero attached hydrogens (tertiary/aromatic N) is 1. The fourth-order valence-corrected chi connectivity index (χ4v) is 2.92. The molecule has 0 bridgehead atoms. The Hall–Kier alpha value is -2.94. The van der Waals surface area contributed by atoms with Crippen LogP contribution in [0.4, 0.5) is 10.1 Å². The highest BCUT2D eigenvalue weighted by Crippen LogP contribution is 2.36. The molecule has 1 atom stereocenters. The minimum atomic E-state index is -1.08. The molecule has 0 aliphatic carbocycles. The molecule has 0 heterocycles. The molecule has 0 radical (unpaired) electrons. The number of benzene rings is 2. The third-order valence-electron chi connectivity index (χ3n) is 4.01. The molecule has 2 aromatic carbocycles. The normalized spacial score (nSPS) is 11.8. The third-order valence-corrected chi connectivity index (χ3v) is 4.60. The second-order valence-electron chi connectivity index (χ2n) is 6.31. The van der Waals surface area contributed by atoms with Crippen LogP contribution in [0.5, 0.6) is 11.5 Å². The average Bonchev–Trinajstić information content (AvgIpc) is 2.73. The molecule has 0 aromatic heterocycles. The highest BCUT2D eigenvalue weighted by atomic mass is 79.9. The number of hydrogen-bond donors (Lipinski definition) is 2. The van der Waals surface area contributed by atoms with Gasteiger partial charge in [0.1, 0.15) is 11.7 Å². The number of carbonyl (C=O) groups is 2. The van der Waals surface area contributed by atoms with Gasteiger partial charge in [-0.25, -0.2) is 9.82 Å². The van der Waals surface area contributed by atoms with Crippen LogP contribution in [0.25, 0.3) is 0 Å². The van der Waals surface area contributed by atoms with E-state index in [0.717, 1.165) is 6.42 Å². The number of ether oxygens (including phenoxy) is 2. The van der Waals surface area contributed by atoms with Crippen LogP contribution in [-0.2, 0) is 9.59 Å². The predicted molar refractivity (Wildman–Crippen MR) is 116 cm³/mol. The van der Waals surface area contributed by atoms with Crippen molar-refractivity contribution in [1.29, 1.82) is 0 Å². The number of rotatable bonds is 9. The minimum Gasteiger partial charge on any atom is -0.493 e. The Morgan fingerprint density at radius 3 is 2.67 bits per heavy atom. The monoisotopic (exact) mass is 479 g/mol. The molecule has 0 fully saturated rings. The average molecular weight is 480 g/mol. The zero-order valence-corrected chi connectivity index (χ0v) is 18.5. The standard InChI is InChI=1S/C21H23BrFN3O4/c1-4-9-30-19-15(22)10-14(11-18(19)29-3)12-24-26-21(28)13(2)20(27)25-17-8-6-5-7-16(17)23/h5-8,10-13H,4,9H2,1-3H3,(H,25,27)(H,26,28). The molecule has 7 nitrogen and oxygen atoms in total. The first-order valence-electron chi connectivity index (χ1n) is 9.26. The van der Waals surface area contributed by atoms with Gasteiger partial charge in [-0.15, -0.1) is 0 Å². The number of para-hydroxylation sites is 1. The summed E-state index contributed by atoms with van der Waals surface area (Å²) in [4.78, 5) is 24.3. The van der Waals surface area contributed by atoms with Gasteiger partial charge >= 0.3 is 0 Å². The van der Waals surface area contributed by atoms with Crippen molar-refractivity contribution in [3.05, 3.63) is 52.3 Å². The van der Waals surface area contributed by atoms with E-state index < -0.39 is 23.5 Å². The Kier molecular flexibility index (Phi) is 8.79. The minimum absolute atomic E-state index is 0.00739. The summed E-state index contributed by atoms with van der Waals surface area (Å²) in [7, 11) is 1.53. The van der Waals surface area contributed by atoms with Crippen molar-refractivity contribution >= 4 is 39.6 Å². The zero-order valence-electron chi connectivity index (χ0n) is 16.9. The molecular weight excluding hydrogens is 457 g/mol. The lowest BCUT2D eigenvalue weighted by atomic mass is 10.1. The van der Waals surface area contributed by atoms with Crippen molar-refractivity contribution in [1.82, 2.24) is 5.43 Å². The van der Waals surface area contributed by atoms with Gasteiger partial charge in [-0.2, -0.15) is 5.10 Å². The lowest BCUT2D eigenvalue weighted by Crippen LogP contribution is -2.34. The van der Waals surface area contributed by atoms with Crippen molar-refractivity contribution in [2.24, 2.45) is 11.0 Å². The summed E-state index contributed by atoms with van der Waals surface area (Å²) in [5.41, 5.74) is 2.96. The second-order valence-corrected chi connectivity index (χ2v) is 7.16. The van der Waals surface area contributed by atoms with Gasteiger partial charge < -0.3 is 14.8 Å². The van der Waals surface area contributed by atoms with Gasteiger partial charge in [-0.1, -0.05) is 19.1 Å². The molecular formula is C21H23BrFN3O4. The van der Waals surface area contributed by atoms with E-state index in [4.69, 9.17) is 9.47 Å².